The van der Waals surface area contributed by atoms with Crippen molar-refractivity contribution in [3.8, 4) is 11.5 Å². The van der Waals surface area contributed by atoms with Gasteiger partial charge in [-0.3, -0.25) is 28.9 Å². The standard InChI is InChI=1S/C38H52N4O11/c1-49-27-30-25-31(43)26-42(30)35(45)5-3-2-4-16-39-34(44)14-17-40-37(47)28-6-10-32(11-7-28)52-23-21-50-19-20-51-22-24-53-33-12-8-29(9-13-33)38(48)41-18-15-36(41)46/h6-13,30-31,43H,2-5,14-27H2,1H3,(H,39,44)(H,40,47)/t30-,31+/m0/s1. The highest BCUT2D eigenvalue weighted by Crippen LogP contribution is 2.20. The number of ether oxygens (including phenoxy) is 5. The van der Waals surface area contributed by atoms with E-state index in [1.54, 1.807) is 60.5 Å². The largest absolute Gasteiger partial charge is 0.491 e. The van der Waals surface area contributed by atoms with Gasteiger partial charge >= 0.3 is 0 Å². The van der Waals surface area contributed by atoms with Crippen molar-refractivity contribution in [3.63, 3.8) is 0 Å². The highest BCUT2D eigenvalue weighted by atomic mass is 16.6. The molecule has 0 unspecified atom stereocenters. The Morgan fingerprint density at radius 1 is 0.774 bits per heavy atom. The van der Waals surface area contributed by atoms with Gasteiger partial charge in [0.05, 0.1) is 45.2 Å². The Hall–Kier alpha value is -4.57. The number of carbonyl (C=O) groups excluding carboxylic acids is 5. The quantitative estimate of drug-likeness (QED) is 0.0813. The van der Waals surface area contributed by atoms with E-state index in [1.165, 1.54) is 4.90 Å². The zero-order chi connectivity index (χ0) is 37.8. The third-order valence-electron chi connectivity index (χ3n) is 8.78. The van der Waals surface area contributed by atoms with Gasteiger partial charge < -0.3 is 44.3 Å². The van der Waals surface area contributed by atoms with Crippen LogP contribution in [0.15, 0.2) is 48.5 Å². The van der Waals surface area contributed by atoms with Gasteiger partial charge in [0.1, 0.15) is 24.7 Å². The molecule has 2 atom stereocenters. The highest BCUT2D eigenvalue weighted by molar-refractivity contribution is 6.07. The van der Waals surface area contributed by atoms with Gasteiger partial charge in [0.2, 0.25) is 17.7 Å². The number of carbonyl (C=O) groups is 5. The molecule has 290 valence electrons. The monoisotopic (exact) mass is 740 g/mol. The summed E-state index contributed by atoms with van der Waals surface area (Å²) in [5.74, 6) is 0.341. The Bertz CT molecular complexity index is 1470. The average Bonchev–Trinajstić information content (AvgIpc) is 3.53. The van der Waals surface area contributed by atoms with E-state index in [0.29, 0.717) is 114 Å². The number of unbranched alkanes of at least 4 members (excludes halogenated alkanes) is 2. The number of rotatable bonds is 24. The van der Waals surface area contributed by atoms with Crippen LogP contribution in [-0.2, 0) is 28.6 Å². The van der Waals surface area contributed by atoms with Crippen LogP contribution in [0.1, 0.15) is 65.7 Å². The Balaban J connectivity index is 0.941. The maximum Gasteiger partial charge on any atom is 0.260 e. The Kier molecular flexibility index (Phi) is 17.5. The normalized spacial score (nSPS) is 16.6. The molecule has 2 aromatic carbocycles. The predicted octanol–water partition coefficient (Wildman–Crippen LogP) is 1.95. The van der Waals surface area contributed by atoms with Crippen molar-refractivity contribution in [2.24, 2.45) is 0 Å². The SMILES string of the molecule is COC[C@@H]1C[C@@H](O)CN1C(=O)CCCCCNC(=O)CCNC(=O)c1ccc(OCCOCCOCCOc2ccc(C(=O)N3CCC3=O)cc2)cc1. The molecule has 2 aromatic rings. The number of benzene rings is 2. The zero-order valence-corrected chi connectivity index (χ0v) is 30.4. The van der Waals surface area contributed by atoms with Crippen molar-refractivity contribution in [2.75, 3.05) is 79.5 Å². The van der Waals surface area contributed by atoms with Gasteiger partial charge in [0, 0.05) is 63.7 Å². The summed E-state index contributed by atoms with van der Waals surface area (Å²) in [7, 11) is 1.59. The van der Waals surface area contributed by atoms with Crippen LogP contribution in [0.2, 0.25) is 0 Å². The fourth-order valence-corrected chi connectivity index (χ4v) is 5.82. The van der Waals surface area contributed by atoms with Crippen molar-refractivity contribution in [1.82, 2.24) is 20.4 Å². The minimum absolute atomic E-state index is 0.0229. The molecule has 4 rings (SSSR count). The molecular formula is C38H52N4O11. The van der Waals surface area contributed by atoms with Gasteiger partial charge in [-0.15, -0.1) is 0 Å². The van der Waals surface area contributed by atoms with E-state index in [1.807, 2.05) is 0 Å². The third-order valence-corrected chi connectivity index (χ3v) is 8.78. The molecule has 2 saturated heterocycles. The van der Waals surface area contributed by atoms with Gasteiger partial charge in [-0.05, 0) is 67.8 Å². The molecule has 15 heteroatoms. The molecule has 0 spiro atoms. The van der Waals surface area contributed by atoms with Gasteiger partial charge in [0.15, 0.2) is 0 Å². The first-order valence-corrected chi connectivity index (χ1v) is 18.2. The van der Waals surface area contributed by atoms with Crippen LogP contribution in [0, 0.1) is 0 Å². The number of nitrogens with one attached hydrogen (secondary N) is 2. The molecule has 53 heavy (non-hydrogen) atoms. The van der Waals surface area contributed by atoms with E-state index in [4.69, 9.17) is 23.7 Å². The van der Waals surface area contributed by atoms with Gasteiger partial charge in [-0.25, -0.2) is 0 Å². The van der Waals surface area contributed by atoms with Crippen LogP contribution >= 0.6 is 0 Å². The van der Waals surface area contributed by atoms with Crippen LogP contribution in [-0.4, -0.2) is 136 Å². The second-order valence-electron chi connectivity index (χ2n) is 12.8. The lowest BCUT2D eigenvalue weighted by molar-refractivity contribution is -0.136. The van der Waals surface area contributed by atoms with E-state index in [-0.39, 0.29) is 48.5 Å². The maximum atomic E-state index is 12.5. The number of hydrogen-bond acceptors (Lipinski definition) is 11. The maximum absolute atomic E-state index is 12.5. The van der Waals surface area contributed by atoms with Crippen molar-refractivity contribution in [2.45, 2.75) is 57.1 Å². The summed E-state index contributed by atoms with van der Waals surface area (Å²) < 4.78 is 27.5. The van der Waals surface area contributed by atoms with E-state index in [9.17, 15) is 29.1 Å². The van der Waals surface area contributed by atoms with E-state index < -0.39 is 6.10 Å². The molecule has 0 bridgehead atoms. The highest BCUT2D eigenvalue weighted by Gasteiger charge is 2.33. The summed E-state index contributed by atoms with van der Waals surface area (Å²) >= 11 is 0. The average molecular weight is 741 g/mol. The van der Waals surface area contributed by atoms with Crippen LogP contribution in [0.3, 0.4) is 0 Å². The predicted molar refractivity (Wildman–Crippen MR) is 193 cm³/mol. The first kappa shape index (κ1) is 41.2. The third kappa shape index (κ3) is 14.1. The molecule has 2 fully saturated rings. The number of amides is 5. The number of aliphatic hydroxyl groups is 1. The fourth-order valence-electron chi connectivity index (χ4n) is 5.82. The summed E-state index contributed by atoms with van der Waals surface area (Å²) in [6.45, 7) is 4.10. The number of likely N-dealkylation sites (tertiary alicyclic amines) is 2. The number of nitrogens with zero attached hydrogens (tertiary/aromatic N) is 2. The first-order valence-electron chi connectivity index (χ1n) is 18.2. The minimum Gasteiger partial charge on any atom is -0.491 e. The van der Waals surface area contributed by atoms with Crippen molar-refractivity contribution >= 4 is 29.5 Å². The van der Waals surface area contributed by atoms with Crippen molar-refractivity contribution in [1.29, 1.82) is 0 Å². The lowest BCUT2D eigenvalue weighted by Gasteiger charge is -2.28. The van der Waals surface area contributed by atoms with E-state index in [2.05, 4.69) is 10.6 Å². The molecule has 0 aliphatic carbocycles. The number of β-lactam (4-membered cyclic amide) rings is 1. The van der Waals surface area contributed by atoms with Crippen molar-refractivity contribution < 1.29 is 52.8 Å². The molecule has 15 nitrogen and oxygen atoms in total. The van der Waals surface area contributed by atoms with Crippen LogP contribution in [0.25, 0.3) is 0 Å². The lowest BCUT2D eigenvalue weighted by Crippen LogP contribution is -2.47. The molecular weight excluding hydrogens is 688 g/mol. The molecule has 2 aliphatic heterocycles. The summed E-state index contributed by atoms with van der Waals surface area (Å²) in [4.78, 5) is 63.7. The summed E-state index contributed by atoms with van der Waals surface area (Å²) in [5.41, 5.74) is 0.900. The van der Waals surface area contributed by atoms with Crippen LogP contribution in [0.5, 0.6) is 11.5 Å². The van der Waals surface area contributed by atoms with Gasteiger partial charge in [-0.2, -0.15) is 0 Å². The lowest BCUT2D eigenvalue weighted by atomic mass is 10.1. The van der Waals surface area contributed by atoms with E-state index in [0.717, 1.165) is 12.8 Å². The zero-order valence-electron chi connectivity index (χ0n) is 30.4. The molecule has 0 aromatic heterocycles. The molecule has 0 saturated carbocycles. The minimum atomic E-state index is -0.500. The van der Waals surface area contributed by atoms with Gasteiger partial charge in [0.25, 0.3) is 11.8 Å². The summed E-state index contributed by atoms with van der Waals surface area (Å²) in [6, 6.07) is 13.3. The molecule has 3 N–H and O–H groups in total. The fraction of sp³-hybridized carbons (Fsp3) is 0.553. The Labute approximate surface area is 310 Å². The van der Waals surface area contributed by atoms with Crippen LogP contribution < -0.4 is 20.1 Å². The second-order valence-corrected chi connectivity index (χ2v) is 12.8. The van der Waals surface area contributed by atoms with Crippen LogP contribution in [0.4, 0.5) is 0 Å². The first-order chi connectivity index (χ1) is 25.7. The number of aliphatic hydroxyl groups excluding tert-OH is 1. The molecule has 2 heterocycles. The number of methoxy groups -OCH3 is 1. The number of imide groups is 1. The topological polar surface area (TPSA) is 182 Å². The molecule has 5 amide bonds. The molecule has 0 radical (unpaired) electrons. The summed E-state index contributed by atoms with van der Waals surface area (Å²) in [5, 5.41) is 15.5. The van der Waals surface area contributed by atoms with Gasteiger partial charge in [-0.1, -0.05) is 6.42 Å². The second kappa shape index (κ2) is 22.5. The molecule has 2 aliphatic rings. The number of β-amino-alcohol motifs (C(OH)–C–C–N with tert-alkyl or cyclic N) is 1. The summed E-state index contributed by atoms with van der Waals surface area (Å²) in [6.07, 6.45) is 3.27. The van der Waals surface area contributed by atoms with E-state index >= 15 is 0 Å². The Morgan fingerprint density at radius 3 is 1.98 bits per heavy atom. The number of hydrogen-bond donors (Lipinski definition) is 3. The Morgan fingerprint density at radius 2 is 1.40 bits per heavy atom. The van der Waals surface area contributed by atoms with Crippen molar-refractivity contribution in [3.05, 3.63) is 59.7 Å². The smallest absolute Gasteiger partial charge is 0.260 e.